The van der Waals surface area contributed by atoms with E-state index in [9.17, 15) is 14.4 Å². The maximum atomic E-state index is 12.9. The number of hydrogen-bond acceptors (Lipinski definition) is 6. The third kappa shape index (κ3) is 6.35. The lowest BCUT2D eigenvalue weighted by atomic mass is 10.1. The van der Waals surface area contributed by atoms with Gasteiger partial charge in [-0.05, 0) is 66.2 Å². The van der Waals surface area contributed by atoms with Crippen molar-refractivity contribution in [2.75, 3.05) is 18.5 Å². The minimum Gasteiger partial charge on any atom is -0.490 e. The van der Waals surface area contributed by atoms with Crippen LogP contribution in [0.5, 0.6) is 11.5 Å². The number of carbonyl (C=O) groups is 3. The molecule has 7 nitrogen and oxygen atoms in total. The number of thioether (sulfide) groups is 1. The number of anilines is 1. The lowest BCUT2D eigenvalue weighted by Gasteiger charge is -2.14. The normalized spacial score (nSPS) is 14.3. The van der Waals surface area contributed by atoms with Crippen molar-refractivity contribution in [3.63, 3.8) is 0 Å². The maximum Gasteiger partial charge on any atom is 0.293 e. The molecule has 0 aromatic heterocycles. The summed E-state index contributed by atoms with van der Waals surface area (Å²) < 4.78 is 12.2. The van der Waals surface area contributed by atoms with Gasteiger partial charge in [-0.15, -0.1) is 0 Å². The SMILES string of the molecule is CCOc1cc(/C=C2\SC(=O)N(Cc3ccccc3Br)C2=O)ccc1OCC(=O)Nc1ccccc1. The van der Waals surface area contributed by atoms with Crippen molar-refractivity contribution in [2.24, 2.45) is 0 Å². The van der Waals surface area contributed by atoms with Crippen LogP contribution in [0.15, 0.2) is 82.2 Å². The van der Waals surface area contributed by atoms with Gasteiger partial charge in [0.25, 0.3) is 17.1 Å². The van der Waals surface area contributed by atoms with Crippen LogP contribution in [0.1, 0.15) is 18.1 Å². The first-order valence-electron chi connectivity index (χ1n) is 11.2. The smallest absolute Gasteiger partial charge is 0.293 e. The predicted molar refractivity (Wildman–Crippen MR) is 144 cm³/mol. The molecule has 0 atom stereocenters. The number of nitrogens with one attached hydrogen (secondary N) is 1. The van der Waals surface area contributed by atoms with E-state index >= 15 is 0 Å². The molecule has 0 aliphatic carbocycles. The average molecular weight is 567 g/mol. The molecule has 3 amide bonds. The molecule has 0 spiro atoms. The van der Waals surface area contributed by atoms with Crippen molar-refractivity contribution >= 4 is 56.5 Å². The van der Waals surface area contributed by atoms with E-state index in [-0.39, 0.29) is 30.2 Å². The summed E-state index contributed by atoms with van der Waals surface area (Å²) in [5.41, 5.74) is 2.20. The summed E-state index contributed by atoms with van der Waals surface area (Å²) in [5.74, 6) is 0.188. The van der Waals surface area contributed by atoms with Gasteiger partial charge < -0.3 is 14.8 Å². The van der Waals surface area contributed by atoms with Crippen LogP contribution in [0.4, 0.5) is 10.5 Å². The van der Waals surface area contributed by atoms with E-state index in [1.807, 2.05) is 49.4 Å². The van der Waals surface area contributed by atoms with Crippen LogP contribution in [0.2, 0.25) is 0 Å². The van der Waals surface area contributed by atoms with Gasteiger partial charge in [0.15, 0.2) is 18.1 Å². The number of benzene rings is 3. The van der Waals surface area contributed by atoms with E-state index in [2.05, 4.69) is 21.2 Å². The molecule has 0 saturated carbocycles. The largest absolute Gasteiger partial charge is 0.490 e. The molecule has 36 heavy (non-hydrogen) atoms. The summed E-state index contributed by atoms with van der Waals surface area (Å²) in [7, 11) is 0. The lowest BCUT2D eigenvalue weighted by Crippen LogP contribution is -2.27. The fourth-order valence-electron chi connectivity index (χ4n) is 3.45. The highest BCUT2D eigenvalue weighted by molar-refractivity contribution is 9.10. The molecule has 9 heteroatoms. The molecule has 1 aliphatic rings. The van der Waals surface area contributed by atoms with Gasteiger partial charge in [0, 0.05) is 10.2 Å². The molecule has 184 valence electrons. The number of amides is 3. The second-order valence-electron chi connectivity index (χ2n) is 7.70. The molecule has 4 rings (SSSR count). The van der Waals surface area contributed by atoms with Gasteiger partial charge in [-0.2, -0.15) is 0 Å². The first kappa shape index (κ1) is 25.5. The van der Waals surface area contributed by atoms with Gasteiger partial charge >= 0.3 is 0 Å². The minimum absolute atomic E-state index is 0.186. The Kier molecular flexibility index (Phi) is 8.45. The van der Waals surface area contributed by atoms with Crippen molar-refractivity contribution in [2.45, 2.75) is 13.5 Å². The average Bonchev–Trinajstić information content (AvgIpc) is 3.13. The van der Waals surface area contributed by atoms with Crippen molar-refractivity contribution in [3.8, 4) is 11.5 Å². The highest BCUT2D eigenvalue weighted by Crippen LogP contribution is 2.36. The summed E-state index contributed by atoms with van der Waals surface area (Å²) >= 11 is 4.36. The van der Waals surface area contributed by atoms with Crippen LogP contribution in [-0.4, -0.2) is 35.2 Å². The molecular weight excluding hydrogens is 544 g/mol. The predicted octanol–water partition coefficient (Wildman–Crippen LogP) is 6.10. The summed E-state index contributed by atoms with van der Waals surface area (Å²) in [5, 5.41) is 2.44. The highest BCUT2D eigenvalue weighted by atomic mass is 79.9. The van der Waals surface area contributed by atoms with E-state index in [0.717, 1.165) is 21.8 Å². The third-order valence-corrected chi connectivity index (χ3v) is 6.82. The van der Waals surface area contributed by atoms with Crippen molar-refractivity contribution in [3.05, 3.63) is 93.3 Å². The summed E-state index contributed by atoms with van der Waals surface area (Å²) in [6, 6.07) is 21.7. The van der Waals surface area contributed by atoms with E-state index in [1.54, 1.807) is 36.4 Å². The third-order valence-electron chi connectivity index (χ3n) is 5.14. The molecular formula is C27H23BrN2O5S. The molecule has 0 radical (unpaired) electrons. The fraction of sp³-hybridized carbons (Fsp3) is 0.148. The van der Waals surface area contributed by atoms with Gasteiger partial charge in [-0.3, -0.25) is 19.3 Å². The standard InChI is InChI=1S/C27H23BrN2O5S/c1-2-34-23-14-18(12-13-22(23)35-17-25(31)29-20-9-4-3-5-10-20)15-24-26(32)30(27(33)36-24)16-19-8-6-7-11-21(19)28/h3-15H,2,16-17H2,1H3,(H,29,31)/b24-15-. The topological polar surface area (TPSA) is 84.9 Å². The van der Waals surface area contributed by atoms with Crippen molar-refractivity contribution in [1.82, 2.24) is 4.90 Å². The van der Waals surface area contributed by atoms with Crippen LogP contribution in [0.25, 0.3) is 6.08 Å². The number of para-hydroxylation sites is 1. The van der Waals surface area contributed by atoms with Gasteiger partial charge in [-0.1, -0.05) is 58.4 Å². The monoisotopic (exact) mass is 566 g/mol. The number of halogens is 1. The second-order valence-corrected chi connectivity index (χ2v) is 9.55. The molecule has 3 aromatic carbocycles. The van der Waals surface area contributed by atoms with Crippen LogP contribution in [0.3, 0.4) is 0 Å². The summed E-state index contributed by atoms with van der Waals surface area (Å²) in [6.07, 6.45) is 1.65. The van der Waals surface area contributed by atoms with E-state index in [1.165, 1.54) is 4.90 Å². The Bertz CT molecular complexity index is 1310. The number of carbonyl (C=O) groups excluding carboxylic acids is 3. The quantitative estimate of drug-likeness (QED) is 0.315. The fourth-order valence-corrected chi connectivity index (χ4v) is 4.70. The molecule has 0 bridgehead atoms. The molecule has 1 saturated heterocycles. The molecule has 1 fully saturated rings. The van der Waals surface area contributed by atoms with Gasteiger partial charge in [0.2, 0.25) is 0 Å². The number of hydrogen-bond donors (Lipinski definition) is 1. The van der Waals surface area contributed by atoms with Gasteiger partial charge in [-0.25, -0.2) is 0 Å². The number of nitrogens with zero attached hydrogens (tertiary/aromatic N) is 1. The first-order chi connectivity index (χ1) is 17.4. The van der Waals surface area contributed by atoms with Crippen LogP contribution < -0.4 is 14.8 Å². The molecule has 3 aromatic rings. The van der Waals surface area contributed by atoms with Crippen LogP contribution >= 0.6 is 27.7 Å². The summed E-state index contributed by atoms with van der Waals surface area (Å²) in [6.45, 7) is 2.22. The Morgan fingerprint density at radius 3 is 2.50 bits per heavy atom. The van der Waals surface area contributed by atoms with Crippen molar-refractivity contribution in [1.29, 1.82) is 0 Å². The van der Waals surface area contributed by atoms with Crippen LogP contribution in [-0.2, 0) is 16.1 Å². The molecule has 1 N–H and O–H groups in total. The van der Waals surface area contributed by atoms with Gasteiger partial charge in [0.05, 0.1) is 18.1 Å². The van der Waals surface area contributed by atoms with Gasteiger partial charge in [0.1, 0.15) is 0 Å². The minimum atomic E-state index is -0.350. The Labute approximate surface area is 221 Å². The Hall–Kier alpha value is -3.56. The Morgan fingerprint density at radius 1 is 1.00 bits per heavy atom. The number of imide groups is 1. The first-order valence-corrected chi connectivity index (χ1v) is 12.8. The Balaban J connectivity index is 1.45. The summed E-state index contributed by atoms with van der Waals surface area (Å²) in [4.78, 5) is 39.3. The molecule has 1 heterocycles. The van der Waals surface area contributed by atoms with E-state index < -0.39 is 0 Å². The second kappa shape index (κ2) is 11.9. The van der Waals surface area contributed by atoms with Crippen molar-refractivity contribution < 1.29 is 23.9 Å². The number of rotatable bonds is 9. The zero-order valence-electron chi connectivity index (χ0n) is 19.4. The van der Waals surface area contributed by atoms with E-state index in [0.29, 0.717) is 34.3 Å². The molecule has 0 unspecified atom stereocenters. The zero-order valence-corrected chi connectivity index (χ0v) is 21.8. The maximum absolute atomic E-state index is 12.9. The lowest BCUT2D eigenvalue weighted by molar-refractivity contribution is -0.123. The molecule has 1 aliphatic heterocycles. The Morgan fingerprint density at radius 2 is 1.75 bits per heavy atom. The number of ether oxygens (including phenoxy) is 2. The van der Waals surface area contributed by atoms with E-state index in [4.69, 9.17) is 9.47 Å². The zero-order chi connectivity index (χ0) is 25.5. The van der Waals surface area contributed by atoms with Crippen LogP contribution in [0, 0.1) is 0 Å². The highest BCUT2D eigenvalue weighted by Gasteiger charge is 2.35.